The zero-order chi connectivity index (χ0) is 11.7. The number of hydrogen-bond acceptors (Lipinski definition) is 1. The molecular formula is C12H13ClN2O. The average Bonchev–Trinajstić information content (AvgIpc) is 2.62. The van der Waals surface area contributed by atoms with Crippen LogP contribution in [0.4, 0.5) is 0 Å². The second-order valence-corrected chi connectivity index (χ2v) is 4.23. The van der Waals surface area contributed by atoms with Gasteiger partial charge in [0.05, 0.1) is 5.92 Å². The van der Waals surface area contributed by atoms with Crippen molar-refractivity contribution in [2.75, 3.05) is 0 Å². The number of hydrogen-bond donors (Lipinski definition) is 2. The van der Waals surface area contributed by atoms with Crippen LogP contribution < -0.4 is 5.73 Å². The summed E-state index contributed by atoms with van der Waals surface area (Å²) in [5.74, 6) is -0.534. The molecular weight excluding hydrogens is 224 g/mol. The van der Waals surface area contributed by atoms with E-state index in [1.807, 2.05) is 31.3 Å². The predicted molar refractivity (Wildman–Crippen MR) is 65.5 cm³/mol. The first-order chi connectivity index (χ1) is 7.63. The summed E-state index contributed by atoms with van der Waals surface area (Å²) in [5, 5.41) is 1.68. The summed E-state index contributed by atoms with van der Waals surface area (Å²) in [5.41, 5.74) is 7.26. The summed E-state index contributed by atoms with van der Waals surface area (Å²) < 4.78 is 0. The fraction of sp³-hybridized carbons (Fsp3) is 0.250. The highest BCUT2D eigenvalue weighted by atomic mass is 35.5. The minimum Gasteiger partial charge on any atom is -0.369 e. The molecule has 2 rings (SSSR count). The van der Waals surface area contributed by atoms with Gasteiger partial charge in [0, 0.05) is 22.1 Å². The molecule has 0 saturated carbocycles. The van der Waals surface area contributed by atoms with Gasteiger partial charge in [0.2, 0.25) is 5.91 Å². The van der Waals surface area contributed by atoms with Crippen LogP contribution in [0.25, 0.3) is 10.9 Å². The van der Waals surface area contributed by atoms with Gasteiger partial charge in [-0.25, -0.2) is 0 Å². The number of H-pyrrole nitrogens is 1. The lowest BCUT2D eigenvalue weighted by Crippen LogP contribution is -2.20. The lowest BCUT2D eigenvalue weighted by molar-refractivity contribution is -0.119. The summed E-state index contributed by atoms with van der Waals surface area (Å²) in [6.07, 6.45) is 2.53. The van der Waals surface area contributed by atoms with Crippen molar-refractivity contribution in [2.45, 2.75) is 19.3 Å². The van der Waals surface area contributed by atoms with E-state index in [1.165, 1.54) is 0 Å². The number of nitrogens with two attached hydrogens (primary N) is 1. The standard InChI is InChI=1S/C12H13ClN2O/c1-2-8(12(14)16)10-6-15-11-5-7(13)3-4-9(10)11/h3-6,8,15H,2H2,1H3,(H2,14,16). The molecule has 1 amide bonds. The van der Waals surface area contributed by atoms with Crippen LogP contribution in [0.3, 0.4) is 0 Å². The molecule has 84 valence electrons. The topological polar surface area (TPSA) is 58.9 Å². The first-order valence-electron chi connectivity index (χ1n) is 5.19. The van der Waals surface area contributed by atoms with Gasteiger partial charge in [-0.15, -0.1) is 0 Å². The number of amides is 1. The maximum Gasteiger partial charge on any atom is 0.225 e. The second-order valence-electron chi connectivity index (χ2n) is 3.80. The molecule has 3 N–H and O–H groups in total. The highest BCUT2D eigenvalue weighted by Crippen LogP contribution is 2.29. The van der Waals surface area contributed by atoms with Crippen molar-refractivity contribution in [3.63, 3.8) is 0 Å². The molecule has 4 heteroatoms. The molecule has 0 spiro atoms. The second kappa shape index (κ2) is 4.18. The minimum absolute atomic E-state index is 0.241. The Morgan fingerprint density at radius 1 is 1.56 bits per heavy atom. The van der Waals surface area contributed by atoms with Crippen LogP contribution in [0.1, 0.15) is 24.8 Å². The van der Waals surface area contributed by atoms with Crippen LogP contribution in [-0.4, -0.2) is 10.9 Å². The Balaban J connectivity index is 2.57. The fourth-order valence-corrected chi connectivity index (χ4v) is 2.16. The van der Waals surface area contributed by atoms with E-state index in [4.69, 9.17) is 17.3 Å². The molecule has 0 aliphatic carbocycles. The van der Waals surface area contributed by atoms with Crippen LogP contribution in [0.5, 0.6) is 0 Å². The van der Waals surface area contributed by atoms with Crippen molar-refractivity contribution < 1.29 is 4.79 Å². The minimum atomic E-state index is -0.293. The van der Waals surface area contributed by atoms with E-state index in [9.17, 15) is 4.79 Å². The Morgan fingerprint density at radius 3 is 2.94 bits per heavy atom. The van der Waals surface area contributed by atoms with Gasteiger partial charge in [0.1, 0.15) is 0 Å². The van der Waals surface area contributed by atoms with Crippen LogP contribution in [0.2, 0.25) is 5.02 Å². The van der Waals surface area contributed by atoms with E-state index in [2.05, 4.69) is 4.98 Å². The van der Waals surface area contributed by atoms with Crippen molar-refractivity contribution in [2.24, 2.45) is 5.73 Å². The lowest BCUT2D eigenvalue weighted by Gasteiger charge is -2.09. The molecule has 16 heavy (non-hydrogen) atoms. The Bertz CT molecular complexity index is 533. The quantitative estimate of drug-likeness (QED) is 0.846. The summed E-state index contributed by atoms with van der Waals surface area (Å²) >= 11 is 5.89. The molecule has 1 atom stereocenters. The van der Waals surface area contributed by atoms with Gasteiger partial charge < -0.3 is 10.7 Å². The first-order valence-corrected chi connectivity index (χ1v) is 5.57. The molecule has 0 aliphatic rings. The molecule has 0 bridgehead atoms. The highest BCUT2D eigenvalue weighted by molar-refractivity contribution is 6.31. The normalized spacial score (nSPS) is 12.9. The van der Waals surface area contributed by atoms with Gasteiger partial charge in [-0.2, -0.15) is 0 Å². The van der Waals surface area contributed by atoms with E-state index in [0.717, 1.165) is 16.5 Å². The number of aromatic nitrogens is 1. The third kappa shape index (κ3) is 1.78. The zero-order valence-electron chi connectivity index (χ0n) is 8.96. The number of carbonyl (C=O) groups is 1. The molecule has 0 fully saturated rings. The summed E-state index contributed by atoms with van der Waals surface area (Å²) in [7, 11) is 0. The van der Waals surface area contributed by atoms with Gasteiger partial charge >= 0.3 is 0 Å². The smallest absolute Gasteiger partial charge is 0.225 e. The average molecular weight is 237 g/mol. The predicted octanol–water partition coefficient (Wildman–Crippen LogP) is 2.80. The number of benzene rings is 1. The molecule has 2 aromatic rings. The van der Waals surface area contributed by atoms with Gasteiger partial charge in [-0.05, 0) is 24.1 Å². The largest absolute Gasteiger partial charge is 0.369 e. The van der Waals surface area contributed by atoms with Crippen molar-refractivity contribution >= 4 is 28.4 Å². The monoisotopic (exact) mass is 236 g/mol. The molecule has 0 radical (unpaired) electrons. The van der Waals surface area contributed by atoms with Crippen LogP contribution in [0.15, 0.2) is 24.4 Å². The van der Waals surface area contributed by atoms with Crippen molar-refractivity contribution in [1.29, 1.82) is 0 Å². The number of aromatic amines is 1. The van der Waals surface area contributed by atoms with E-state index < -0.39 is 0 Å². The third-order valence-electron chi connectivity index (χ3n) is 2.80. The highest BCUT2D eigenvalue weighted by Gasteiger charge is 2.19. The molecule has 0 aliphatic heterocycles. The summed E-state index contributed by atoms with van der Waals surface area (Å²) in [6.45, 7) is 1.95. The van der Waals surface area contributed by atoms with Crippen LogP contribution >= 0.6 is 11.6 Å². The van der Waals surface area contributed by atoms with Crippen molar-refractivity contribution in [1.82, 2.24) is 4.98 Å². The van der Waals surface area contributed by atoms with Crippen molar-refractivity contribution in [3.05, 3.63) is 35.0 Å². The first kappa shape index (κ1) is 11.0. The van der Waals surface area contributed by atoms with E-state index in [1.54, 1.807) is 0 Å². The van der Waals surface area contributed by atoms with E-state index in [0.29, 0.717) is 11.4 Å². The maximum atomic E-state index is 11.3. The van der Waals surface area contributed by atoms with Gasteiger partial charge in [0.15, 0.2) is 0 Å². The van der Waals surface area contributed by atoms with Gasteiger partial charge in [-0.3, -0.25) is 4.79 Å². The lowest BCUT2D eigenvalue weighted by atomic mass is 9.95. The summed E-state index contributed by atoms with van der Waals surface area (Å²) in [4.78, 5) is 14.4. The molecule has 1 aromatic carbocycles. The Morgan fingerprint density at radius 2 is 2.31 bits per heavy atom. The van der Waals surface area contributed by atoms with Gasteiger partial charge in [-0.1, -0.05) is 24.6 Å². The Kier molecular flexibility index (Phi) is 2.88. The van der Waals surface area contributed by atoms with Crippen LogP contribution in [-0.2, 0) is 4.79 Å². The Labute approximate surface area is 98.6 Å². The number of carbonyl (C=O) groups excluding carboxylic acids is 1. The number of primary amides is 1. The van der Waals surface area contributed by atoms with Crippen LogP contribution in [0, 0.1) is 0 Å². The zero-order valence-corrected chi connectivity index (χ0v) is 9.71. The number of fused-ring (bicyclic) bond motifs is 1. The maximum absolute atomic E-state index is 11.3. The molecule has 1 unspecified atom stereocenters. The number of nitrogens with one attached hydrogen (secondary N) is 1. The van der Waals surface area contributed by atoms with Gasteiger partial charge in [0.25, 0.3) is 0 Å². The van der Waals surface area contributed by atoms with E-state index >= 15 is 0 Å². The third-order valence-corrected chi connectivity index (χ3v) is 3.04. The summed E-state index contributed by atoms with van der Waals surface area (Å²) in [6, 6.07) is 5.57. The Hall–Kier alpha value is -1.48. The fourth-order valence-electron chi connectivity index (χ4n) is 1.98. The molecule has 1 heterocycles. The molecule has 1 aromatic heterocycles. The molecule has 3 nitrogen and oxygen atoms in total. The molecule has 0 saturated heterocycles. The van der Waals surface area contributed by atoms with Crippen molar-refractivity contribution in [3.8, 4) is 0 Å². The SMILES string of the molecule is CCC(C(N)=O)c1c[nH]c2cc(Cl)ccc12. The van der Waals surface area contributed by atoms with E-state index in [-0.39, 0.29) is 11.8 Å². The number of rotatable bonds is 3. The number of halogens is 1.